The van der Waals surface area contributed by atoms with Gasteiger partial charge in [-0.25, -0.2) is 8.78 Å². The zero-order valence-corrected chi connectivity index (χ0v) is 26.8. The van der Waals surface area contributed by atoms with Gasteiger partial charge in [-0.1, -0.05) is 78.1 Å². The number of hydrogen-bond donors (Lipinski definition) is 2. The quantitative estimate of drug-likeness (QED) is 0.226. The molecular formula is C34H35Cl3F2N4O. The van der Waals surface area contributed by atoms with Gasteiger partial charge in [0.05, 0.1) is 21.1 Å². The molecular weight excluding hydrogens is 625 g/mol. The molecule has 2 atom stereocenters. The Hall–Kier alpha value is -2.52. The maximum absolute atomic E-state index is 14.5. The highest BCUT2D eigenvalue weighted by Gasteiger charge is 2.41. The number of halogens is 5. The lowest BCUT2D eigenvalue weighted by Crippen LogP contribution is -2.60. The number of hydrogen-bond acceptors (Lipinski definition) is 4. The van der Waals surface area contributed by atoms with Crippen LogP contribution < -0.4 is 10.6 Å². The number of rotatable bonds is 10. The van der Waals surface area contributed by atoms with E-state index in [0.29, 0.717) is 36.2 Å². The van der Waals surface area contributed by atoms with Crippen LogP contribution in [0.4, 0.5) is 8.78 Å². The van der Waals surface area contributed by atoms with Gasteiger partial charge in [0.25, 0.3) is 5.91 Å². The Labute approximate surface area is 272 Å². The van der Waals surface area contributed by atoms with Gasteiger partial charge in [-0.2, -0.15) is 0 Å². The largest absolute Gasteiger partial charge is 0.331 e. The molecule has 0 unspecified atom stereocenters. The second kappa shape index (κ2) is 13.5. The molecule has 2 aliphatic heterocycles. The van der Waals surface area contributed by atoms with E-state index < -0.39 is 11.6 Å². The molecule has 1 aliphatic carbocycles. The number of amides is 1. The number of piperazine rings is 1. The summed E-state index contributed by atoms with van der Waals surface area (Å²) < 4.78 is 28.5. The fourth-order valence-electron chi connectivity index (χ4n) is 6.29. The minimum atomic E-state index is -0.625. The monoisotopic (exact) mass is 658 g/mol. The first-order valence-corrected chi connectivity index (χ1v) is 16.2. The van der Waals surface area contributed by atoms with Crippen LogP contribution >= 0.6 is 34.8 Å². The van der Waals surface area contributed by atoms with Gasteiger partial charge in [0, 0.05) is 55.9 Å². The van der Waals surface area contributed by atoms with Crippen molar-refractivity contribution >= 4 is 46.3 Å². The molecule has 10 heteroatoms. The van der Waals surface area contributed by atoms with Crippen molar-refractivity contribution in [1.29, 1.82) is 0 Å². The van der Waals surface area contributed by atoms with E-state index in [2.05, 4.69) is 34.9 Å². The maximum atomic E-state index is 14.5. The number of nitrogens with zero attached hydrogens (tertiary/aromatic N) is 2. The highest BCUT2D eigenvalue weighted by atomic mass is 35.5. The number of benzene rings is 3. The number of carbonyl (C=O) groups is 1. The second-order valence-corrected chi connectivity index (χ2v) is 13.0. The van der Waals surface area contributed by atoms with Gasteiger partial charge in [0.15, 0.2) is 0 Å². The fourth-order valence-corrected chi connectivity index (χ4v) is 6.88. The molecule has 1 saturated carbocycles. The topological polar surface area (TPSA) is 47.6 Å². The molecule has 2 heterocycles. The van der Waals surface area contributed by atoms with Crippen LogP contribution in [0, 0.1) is 11.6 Å². The Balaban J connectivity index is 1.27. The molecule has 1 amide bonds. The summed E-state index contributed by atoms with van der Waals surface area (Å²) in [6.07, 6.45) is 2.68. The maximum Gasteiger partial charge on any atom is 0.252 e. The molecule has 3 aliphatic rings. The molecule has 2 N–H and O–H groups in total. The first-order chi connectivity index (χ1) is 21.2. The van der Waals surface area contributed by atoms with Crippen LogP contribution in [0.25, 0.3) is 5.57 Å². The standard InChI is InChI=1S/C34H35Cl3F2N4O/c1-2-42(19-26-28(38)12-13-29(39)33(26)37)17-20-6-8-21(9-7-20)25-14-23-15-40-16-30(41-23)31(25)34(44)43(24-10-11-24)18-22-4-3-5-27(35)32(22)36/h3-9,12-13,23-24,30,40-41H,2,10-11,14-19H2,1H3/t23-,30+/m0/s1. The number of carbonyl (C=O) groups excluding carboxylic acids is 1. The Kier molecular flexibility index (Phi) is 9.62. The van der Waals surface area contributed by atoms with Crippen LogP contribution in [-0.2, 0) is 24.4 Å². The van der Waals surface area contributed by atoms with Gasteiger partial charge in [0.2, 0.25) is 0 Å². The Bertz CT molecular complexity index is 1580. The Morgan fingerprint density at radius 2 is 1.66 bits per heavy atom. The molecule has 1 saturated heterocycles. The SMILES string of the molecule is CCN(Cc1ccc(C2=C(C(=O)N(Cc3cccc(Cl)c3Cl)C3CC3)[C@H]3CNC[C@H](C2)N3)cc1)Cc1c(F)ccc(F)c1Cl. The van der Waals surface area contributed by atoms with Crippen molar-refractivity contribution in [2.75, 3.05) is 19.6 Å². The molecule has 0 aromatic heterocycles. The van der Waals surface area contributed by atoms with E-state index in [0.717, 1.165) is 65.8 Å². The van der Waals surface area contributed by atoms with Gasteiger partial charge in [-0.3, -0.25) is 9.69 Å². The molecule has 2 fully saturated rings. The Morgan fingerprint density at radius 1 is 0.909 bits per heavy atom. The number of fused-ring (bicyclic) bond motifs is 2. The average Bonchev–Trinajstić information content (AvgIpc) is 3.87. The highest BCUT2D eigenvalue weighted by molar-refractivity contribution is 6.42. The summed E-state index contributed by atoms with van der Waals surface area (Å²) in [7, 11) is 0. The highest BCUT2D eigenvalue weighted by Crippen LogP contribution is 2.38. The second-order valence-electron chi connectivity index (χ2n) is 11.9. The van der Waals surface area contributed by atoms with E-state index in [-0.39, 0.29) is 41.2 Å². The van der Waals surface area contributed by atoms with E-state index >= 15 is 0 Å². The van der Waals surface area contributed by atoms with Crippen LogP contribution in [0.2, 0.25) is 15.1 Å². The normalized spacial score (nSPS) is 19.9. The van der Waals surface area contributed by atoms with E-state index in [1.165, 1.54) is 0 Å². The third-order valence-corrected chi connectivity index (χ3v) is 10.1. The zero-order valence-electron chi connectivity index (χ0n) is 24.5. The van der Waals surface area contributed by atoms with Crippen LogP contribution in [0.5, 0.6) is 0 Å². The van der Waals surface area contributed by atoms with E-state index in [1.54, 1.807) is 6.07 Å². The van der Waals surface area contributed by atoms with Crippen molar-refractivity contribution < 1.29 is 13.6 Å². The first kappa shape index (κ1) is 31.5. The zero-order chi connectivity index (χ0) is 31.0. The number of nitrogens with one attached hydrogen (secondary N) is 2. The molecule has 0 spiro atoms. The van der Waals surface area contributed by atoms with Crippen LogP contribution in [0.3, 0.4) is 0 Å². The Morgan fingerprint density at radius 3 is 2.39 bits per heavy atom. The van der Waals surface area contributed by atoms with Crippen molar-refractivity contribution in [2.24, 2.45) is 0 Å². The molecule has 3 aromatic rings. The lowest BCUT2D eigenvalue weighted by molar-refractivity contribution is -0.128. The summed E-state index contributed by atoms with van der Waals surface area (Å²) in [4.78, 5) is 18.4. The predicted octanol–water partition coefficient (Wildman–Crippen LogP) is 7.23. The summed E-state index contributed by atoms with van der Waals surface area (Å²) in [6, 6.07) is 16.3. The summed E-state index contributed by atoms with van der Waals surface area (Å²) in [5.41, 5.74) is 4.93. The molecule has 0 radical (unpaired) electrons. The van der Waals surface area contributed by atoms with Gasteiger partial charge < -0.3 is 15.5 Å². The van der Waals surface area contributed by atoms with E-state index in [4.69, 9.17) is 34.8 Å². The summed E-state index contributed by atoms with van der Waals surface area (Å²) >= 11 is 18.9. The summed E-state index contributed by atoms with van der Waals surface area (Å²) in [5, 5.41) is 7.96. The summed E-state index contributed by atoms with van der Waals surface area (Å²) in [5.74, 6) is -1.11. The van der Waals surface area contributed by atoms with Crippen molar-refractivity contribution in [2.45, 2.75) is 63.9 Å². The van der Waals surface area contributed by atoms with E-state index in [9.17, 15) is 13.6 Å². The van der Waals surface area contributed by atoms with Gasteiger partial charge in [-0.05, 0) is 66.3 Å². The smallest absolute Gasteiger partial charge is 0.252 e. The molecule has 232 valence electrons. The van der Waals surface area contributed by atoms with Crippen molar-refractivity contribution in [3.63, 3.8) is 0 Å². The average molecular weight is 660 g/mol. The lowest BCUT2D eigenvalue weighted by atomic mass is 9.83. The predicted molar refractivity (Wildman–Crippen MR) is 173 cm³/mol. The van der Waals surface area contributed by atoms with E-state index in [1.807, 2.05) is 28.9 Å². The molecule has 3 aromatic carbocycles. The molecule has 44 heavy (non-hydrogen) atoms. The van der Waals surface area contributed by atoms with Crippen molar-refractivity contribution in [1.82, 2.24) is 20.4 Å². The van der Waals surface area contributed by atoms with Crippen LogP contribution in [0.1, 0.15) is 48.4 Å². The van der Waals surface area contributed by atoms with Crippen molar-refractivity contribution in [3.05, 3.63) is 109 Å². The first-order valence-electron chi connectivity index (χ1n) is 15.1. The molecule has 5 nitrogen and oxygen atoms in total. The minimum Gasteiger partial charge on any atom is -0.331 e. The third-order valence-electron chi connectivity index (χ3n) is 8.83. The lowest BCUT2D eigenvalue weighted by Gasteiger charge is -2.41. The minimum absolute atomic E-state index is 0.0356. The molecule has 6 rings (SSSR count). The fraction of sp³-hybridized carbons (Fsp3) is 0.382. The van der Waals surface area contributed by atoms with Gasteiger partial charge in [0.1, 0.15) is 11.6 Å². The third kappa shape index (κ3) is 6.69. The van der Waals surface area contributed by atoms with Crippen LogP contribution in [-0.4, -0.2) is 53.5 Å². The molecule has 2 bridgehead atoms. The van der Waals surface area contributed by atoms with Crippen LogP contribution in [0.15, 0.2) is 60.2 Å². The van der Waals surface area contributed by atoms with Gasteiger partial charge in [-0.15, -0.1) is 0 Å². The summed E-state index contributed by atoms with van der Waals surface area (Å²) in [6.45, 7) is 5.28. The van der Waals surface area contributed by atoms with Gasteiger partial charge >= 0.3 is 0 Å². The van der Waals surface area contributed by atoms with Crippen molar-refractivity contribution in [3.8, 4) is 0 Å².